The van der Waals surface area contributed by atoms with E-state index in [9.17, 15) is 0 Å². The van der Waals surface area contributed by atoms with Crippen molar-refractivity contribution in [3.63, 3.8) is 0 Å². The molecule has 0 amide bonds. The van der Waals surface area contributed by atoms with E-state index in [1.807, 2.05) is 13.3 Å². The minimum absolute atomic E-state index is 0.0713. The molecule has 0 spiro atoms. The van der Waals surface area contributed by atoms with Crippen LogP contribution >= 0.6 is 0 Å². The molecule has 1 heteroatoms. The smallest absolute Gasteiger partial charge is 0.0281 e. The Morgan fingerprint density at radius 1 is 0.526 bits per heavy atom. The highest BCUT2D eigenvalue weighted by atomic mass is 14.6. The van der Waals surface area contributed by atoms with Crippen LogP contribution in [0.2, 0.25) is 0 Å². The first-order valence-corrected chi connectivity index (χ1v) is 13.3. The fraction of sp³-hybridized carbons (Fsp3) is 0.108. The minimum Gasteiger partial charge on any atom is -0.296 e. The summed E-state index contributed by atoms with van der Waals surface area (Å²) in [6.07, 6.45) is 1.94. The summed E-state index contributed by atoms with van der Waals surface area (Å²) in [5.74, 6) is 0. The maximum Gasteiger partial charge on any atom is 0.0281 e. The van der Waals surface area contributed by atoms with Crippen molar-refractivity contribution in [3.8, 4) is 33.4 Å². The van der Waals surface area contributed by atoms with Crippen LogP contribution in [0.1, 0.15) is 30.5 Å². The van der Waals surface area contributed by atoms with Crippen LogP contribution in [0.15, 0.2) is 120 Å². The Balaban J connectivity index is 1.52. The van der Waals surface area contributed by atoms with Crippen LogP contribution in [0.4, 0.5) is 0 Å². The lowest BCUT2D eigenvalue weighted by Gasteiger charge is -2.23. The molecule has 1 nitrogen and oxygen atoms in total. The van der Waals surface area contributed by atoms with E-state index in [0.29, 0.717) is 0 Å². The van der Waals surface area contributed by atoms with Crippen molar-refractivity contribution in [2.45, 2.75) is 19.3 Å². The number of benzene rings is 6. The highest BCUT2D eigenvalue weighted by molar-refractivity contribution is 6.21. The molecule has 0 saturated carbocycles. The van der Waals surface area contributed by atoms with Gasteiger partial charge < -0.3 is 0 Å². The van der Waals surface area contributed by atoms with Crippen LogP contribution in [-0.2, 0) is 5.41 Å². The predicted octanol–water partition coefficient (Wildman–Crippen LogP) is 9.68. The van der Waals surface area contributed by atoms with Crippen molar-refractivity contribution >= 4 is 27.8 Å². The number of fused-ring (bicyclic) bond motifs is 5. The molecule has 38 heavy (non-hydrogen) atoms. The number of aliphatic imine (C=N–C) groups is 1. The zero-order chi connectivity index (χ0) is 25.9. The summed E-state index contributed by atoms with van der Waals surface area (Å²) in [6.45, 7) is 4.70. The second kappa shape index (κ2) is 8.53. The van der Waals surface area contributed by atoms with Gasteiger partial charge in [-0.2, -0.15) is 0 Å². The third kappa shape index (κ3) is 3.28. The molecule has 0 aliphatic heterocycles. The van der Waals surface area contributed by atoms with E-state index >= 15 is 0 Å². The molecule has 0 heterocycles. The molecule has 0 fully saturated rings. The predicted molar refractivity (Wildman–Crippen MR) is 163 cm³/mol. The summed E-state index contributed by atoms with van der Waals surface area (Å²) in [6, 6.07) is 42.4. The first-order valence-electron chi connectivity index (χ1n) is 13.3. The third-order valence-corrected chi connectivity index (χ3v) is 8.26. The summed E-state index contributed by atoms with van der Waals surface area (Å²) >= 11 is 0. The van der Waals surface area contributed by atoms with Gasteiger partial charge in [-0.3, -0.25) is 4.99 Å². The van der Waals surface area contributed by atoms with E-state index in [0.717, 1.165) is 5.56 Å². The molecule has 0 atom stereocenters. The van der Waals surface area contributed by atoms with Crippen molar-refractivity contribution in [1.82, 2.24) is 0 Å². The van der Waals surface area contributed by atoms with Crippen molar-refractivity contribution in [2.24, 2.45) is 4.99 Å². The van der Waals surface area contributed by atoms with E-state index in [-0.39, 0.29) is 5.41 Å². The molecule has 0 radical (unpaired) electrons. The largest absolute Gasteiger partial charge is 0.296 e. The molecule has 0 saturated heterocycles. The van der Waals surface area contributed by atoms with Crippen LogP contribution in [0.3, 0.4) is 0 Å². The van der Waals surface area contributed by atoms with E-state index in [4.69, 9.17) is 0 Å². The Morgan fingerprint density at radius 2 is 1.11 bits per heavy atom. The summed E-state index contributed by atoms with van der Waals surface area (Å²) in [7, 11) is 1.83. The Bertz CT molecular complexity index is 1830. The SMILES string of the molecule is CN=Cc1ccc2c(c1)-c1ccc(-c3c4ccccc4c(-c4ccccc4)c4ccccc34)cc1C2(C)C. The second-order valence-electron chi connectivity index (χ2n) is 10.8. The lowest BCUT2D eigenvalue weighted by Crippen LogP contribution is -2.15. The number of rotatable bonds is 3. The van der Waals surface area contributed by atoms with E-state index in [2.05, 4.69) is 134 Å². The monoisotopic (exact) mass is 487 g/mol. The summed E-state index contributed by atoms with van der Waals surface area (Å²) < 4.78 is 0. The first-order chi connectivity index (χ1) is 18.6. The zero-order valence-electron chi connectivity index (χ0n) is 22.0. The molecule has 6 aromatic rings. The highest BCUT2D eigenvalue weighted by Crippen LogP contribution is 2.51. The molecule has 1 aliphatic rings. The number of hydrogen-bond acceptors (Lipinski definition) is 1. The van der Waals surface area contributed by atoms with Gasteiger partial charge in [0.2, 0.25) is 0 Å². The Morgan fingerprint density at radius 3 is 1.71 bits per heavy atom. The molecule has 1 aliphatic carbocycles. The van der Waals surface area contributed by atoms with Crippen LogP contribution in [0.5, 0.6) is 0 Å². The minimum atomic E-state index is -0.0713. The van der Waals surface area contributed by atoms with E-state index in [1.165, 1.54) is 66.1 Å². The molecule has 0 N–H and O–H groups in total. The van der Waals surface area contributed by atoms with Gasteiger partial charge in [0.15, 0.2) is 0 Å². The summed E-state index contributed by atoms with van der Waals surface area (Å²) in [5, 5.41) is 5.16. The molecule has 6 aromatic carbocycles. The van der Waals surface area contributed by atoms with Gasteiger partial charge >= 0.3 is 0 Å². The topological polar surface area (TPSA) is 12.4 Å². The van der Waals surface area contributed by atoms with Gasteiger partial charge in [0.05, 0.1) is 0 Å². The zero-order valence-corrected chi connectivity index (χ0v) is 22.0. The molecular formula is C37H29N. The van der Waals surface area contributed by atoms with Crippen LogP contribution < -0.4 is 0 Å². The molecule has 182 valence electrons. The molecule has 7 rings (SSSR count). The average Bonchev–Trinajstić information content (AvgIpc) is 3.17. The van der Waals surface area contributed by atoms with Crippen molar-refractivity contribution in [1.29, 1.82) is 0 Å². The lowest BCUT2D eigenvalue weighted by molar-refractivity contribution is 0.660. The second-order valence-corrected chi connectivity index (χ2v) is 10.8. The quantitative estimate of drug-likeness (QED) is 0.174. The third-order valence-electron chi connectivity index (χ3n) is 8.26. The lowest BCUT2D eigenvalue weighted by atomic mass is 9.80. The molecule has 0 aromatic heterocycles. The average molecular weight is 488 g/mol. The number of hydrogen-bond donors (Lipinski definition) is 0. The van der Waals surface area contributed by atoms with Gasteiger partial charge in [-0.15, -0.1) is 0 Å². The first kappa shape index (κ1) is 22.7. The maximum atomic E-state index is 4.24. The van der Waals surface area contributed by atoms with Crippen LogP contribution in [-0.4, -0.2) is 13.3 Å². The Hall–Kier alpha value is -4.49. The van der Waals surface area contributed by atoms with Gasteiger partial charge in [0, 0.05) is 18.7 Å². The molecule has 0 bridgehead atoms. The molecular weight excluding hydrogens is 458 g/mol. The van der Waals surface area contributed by atoms with Gasteiger partial charge in [0.1, 0.15) is 0 Å². The Labute approximate surface area is 224 Å². The molecule has 0 unspecified atom stereocenters. The fourth-order valence-electron chi connectivity index (χ4n) is 6.51. The standard InChI is InChI=1S/C37H29N/c1-37(2)33-20-17-24(23-38-3)21-32(33)27-19-18-26(22-34(27)37)36-30-15-9-7-13-28(30)35(25-11-5-4-6-12-25)29-14-8-10-16-31(29)36/h4-23H,1-3H3. The Kier molecular flexibility index (Phi) is 5.09. The van der Waals surface area contributed by atoms with E-state index in [1.54, 1.807) is 0 Å². The number of nitrogens with zero attached hydrogens (tertiary/aromatic N) is 1. The van der Waals surface area contributed by atoms with Crippen molar-refractivity contribution < 1.29 is 0 Å². The highest BCUT2D eigenvalue weighted by Gasteiger charge is 2.35. The fourth-order valence-corrected chi connectivity index (χ4v) is 6.51. The van der Waals surface area contributed by atoms with Crippen LogP contribution in [0.25, 0.3) is 54.9 Å². The maximum absolute atomic E-state index is 4.24. The normalized spacial score (nSPS) is 13.8. The van der Waals surface area contributed by atoms with E-state index < -0.39 is 0 Å². The van der Waals surface area contributed by atoms with Gasteiger partial charge in [-0.05, 0) is 83.7 Å². The van der Waals surface area contributed by atoms with Gasteiger partial charge in [-0.25, -0.2) is 0 Å². The van der Waals surface area contributed by atoms with Crippen LogP contribution in [0, 0.1) is 0 Å². The van der Waals surface area contributed by atoms with Gasteiger partial charge in [0.25, 0.3) is 0 Å². The van der Waals surface area contributed by atoms with Gasteiger partial charge in [-0.1, -0.05) is 117 Å². The summed E-state index contributed by atoms with van der Waals surface area (Å²) in [4.78, 5) is 4.24. The van der Waals surface area contributed by atoms with Crippen molar-refractivity contribution in [2.75, 3.05) is 7.05 Å². The van der Waals surface area contributed by atoms with Crippen molar-refractivity contribution in [3.05, 3.63) is 132 Å². The summed E-state index contributed by atoms with van der Waals surface area (Å²) in [5.41, 5.74) is 11.6.